The minimum absolute atomic E-state index is 0.112. The van der Waals surface area contributed by atoms with Crippen LogP contribution in [-0.4, -0.2) is 43.2 Å². The second-order valence-corrected chi connectivity index (χ2v) is 5.70. The quantitative estimate of drug-likeness (QED) is 0.883. The van der Waals surface area contributed by atoms with Crippen LogP contribution in [0.5, 0.6) is 0 Å². The van der Waals surface area contributed by atoms with E-state index < -0.39 is 0 Å². The SMILES string of the molecule is NC1CCC(N2CCN(c3ccccc3F)CC2)C1. The van der Waals surface area contributed by atoms with E-state index >= 15 is 0 Å². The molecular formula is C15H22FN3. The zero-order valence-corrected chi connectivity index (χ0v) is 11.3. The largest absolute Gasteiger partial charge is 0.367 e. The maximum absolute atomic E-state index is 13.8. The lowest BCUT2D eigenvalue weighted by Gasteiger charge is -2.39. The normalized spacial score (nSPS) is 28.8. The second-order valence-electron chi connectivity index (χ2n) is 5.70. The maximum Gasteiger partial charge on any atom is 0.146 e. The number of hydrogen-bond donors (Lipinski definition) is 1. The molecule has 1 heterocycles. The van der Waals surface area contributed by atoms with Gasteiger partial charge < -0.3 is 10.6 Å². The zero-order chi connectivity index (χ0) is 13.2. The molecule has 1 aromatic rings. The molecule has 1 aliphatic carbocycles. The van der Waals surface area contributed by atoms with Crippen LogP contribution in [0.1, 0.15) is 19.3 Å². The minimum Gasteiger partial charge on any atom is -0.367 e. The molecule has 1 aliphatic heterocycles. The van der Waals surface area contributed by atoms with Gasteiger partial charge in [0.15, 0.2) is 0 Å². The van der Waals surface area contributed by atoms with Gasteiger partial charge in [-0.1, -0.05) is 12.1 Å². The van der Waals surface area contributed by atoms with Crippen molar-refractivity contribution < 1.29 is 4.39 Å². The summed E-state index contributed by atoms with van der Waals surface area (Å²) >= 11 is 0. The predicted octanol–water partition coefficient (Wildman–Crippen LogP) is 1.83. The summed E-state index contributed by atoms with van der Waals surface area (Å²) in [6.07, 6.45) is 3.50. The average Bonchev–Trinajstić information content (AvgIpc) is 2.86. The number of hydrogen-bond acceptors (Lipinski definition) is 3. The Kier molecular flexibility index (Phi) is 3.71. The highest BCUT2D eigenvalue weighted by molar-refractivity contribution is 5.48. The highest BCUT2D eigenvalue weighted by Gasteiger charge is 2.29. The van der Waals surface area contributed by atoms with Gasteiger partial charge in [-0.25, -0.2) is 4.39 Å². The maximum atomic E-state index is 13.8. The number of piperazine rings is 1. The average molecular weight is 263 g/mol. The molecule has 1 saturated carbocycles. The Morgan fingerprint density at radius 1 is 1.05 bits per heavy atom. The van der Waals surface area contributed by atoms with Crippen molar-refractivity contribution >= 4 is 5.69 Å². The summed E-state index contributed by atoms with van der Waals surface area (Å²) in [5, 5.41) is 0. The Bertz CT molecular complexity index is 429. The first kappa shape index (κ1) is 12.9. The Balaban J connectivity index is 1.59. The van der Waals surface area contributed by atoms with Crippen molar-refractivity contribution in [3.63, 3.8) is 0 Å². The molecule has 1 aromatic carbocycles. The van der Waals surface area contributed by atoms with Crippen LogP contribution in [0, 0.1) is 5.82 Å². The summed E-state index contributed by atoms with van der Waals surface area (Å²) in [5.41, 5.74) is 6.72. The van der Waals surface area contributed by atoms with E-state index in [0.29, 0.717) is 12.1 Å². The number of halogens is 1. The first-order chi connectivity index (χ1) is 9.24. The number of anilines is 1. The number of rotatable bonds is 2. The smallest absolute Gasteiger partial charge is 0.146 e. The van der Waals surface area contributed by atoms with Crippen LogP contribution in [0.4, 0.5) is 10.1 Å². The van der Waals surface area contributed by atoms with Gasteiger partial charge in [-0.05, 0) is 31.4 Å². The number of nitrogens with two attached hydrogens (primary N) is 1. The third-order valence-electron chi connectivity index (χ3n) is 4.47. The van der Waals surface area contributed by atoms with E-state index in [-0.39, 0.29) is 5.82 Å². The van der Waals surface area contributed by atoms with Gasteiger partial charge >= 0.3 is 0 Å². The summed E-state index contributed by atoms with van der Waals surface area (Å²) in [4.78, 5) is 4.69. The van der Waals surface area contributed by atoms with Crippen LogP contribution in [0.25, 0.3) is 0 Å². The fraction of sp³-hybridized carbons (Fsp3) is 0.600. The van der Waals surface area contributed by atoms with Crippen molar-refractivity contribution in [2.75, 3.05) is 31.1 Å². The number of nitrogens with zero attached hydrogens (tertiary/aromatic N) is 2. The van der Waals surface area contributed by atoms with Crippen molar-refractivity contribution in [2.24, 2.45) is 5.73 Å². The fourth-order valence-corrected chi connectivity index (χ4v) is 3.36. The van der Waals surface area contributed by atoms with Gasteiger partial charge in [-0.3, -0.25) is 4.90 Å². The molecule has 2 aliphatic rings. The monoisotopic (exact) mass is 263 g/mol. The van der Waals surface area contributed by atoms with Crippen molar-refractivity contribution in [1.29, 1.82) is 0 Å². The minimum atomic E-state index is -0.112. The van der Waals surface area contributed by atoms with E-state index in [1.807, 2.05) is 12.1 Å². The molecule has 0 bridgehead atoms. The van der Waals surface area contributed by atoms with Crippen LogP contribution in [-0.2, 0) is 0 Å². The van der Waals surface area contributed by atoms with Gasteiger partial charge in [0.2, 0.25) is 0 Å². The molecule has 104 valence electrons. The number of benzene rings is 1. The second kappa shape index (κ2) is 5.47. The molecule has 3 rings (SSSR count). The number of para-hydroxylation sites is 1. The van der Waals surface area contributed by atoms with E-state index in [9.17, 15) is 4.39 Å². The summed E-state index contributed by atoms with van der Waals surface area (Å²) < 4.78 is 13.8. The molecule has 0 spiro atoms. The Morgan fingerprint density at radius 2 is 1.79 bits per heavy atom. The summed E-state index contributed by atoms with van der Waals surface area (Å²) in [5.74, 6) is -0.112. The summed E-state index contributed by atoms with van der Waals surface area (Å²) in [6.45, 7) is 3.86. The van der Waals surface area contributed by atoms with Gasteiger partial charge in [-0.2, -0.15) is 0 Å². The lowest BCUT2D eigenvalue weighted by molar-refractivity contribution is 0.186. The molecular weight excluding hydrogens is 241 g/mol. The summed E-state index contributed by atoms with van der Waals surface area (Å²) in [6, 6.07) is 8.09. The molecule has 2 unspecified atom stereocenters. The standard InChI is InChI=1S/C15H22FN3/c16-14-3-1-2-4-15(14)19-9-7-18(8-10-19)13-6-5-12(17)11-13/h1-4,12-13H,5-11,17H2. The van der Waals surface area contributed by atoms with Gasteiger partial charge in [0.05, 0.1) is 5.69 Å². The molecule has 0 radical (unpaired) electrons. The van der Waals surface area contributed by atoms with E-state index in [2.05, 4.69) is 9.80 Å². The molecule has 2 N–H and O–H groups in total. The predicted molar refractivity (Wildman–Crippen MR) is 75.8 cm³/mol. The highest BCUT2D eigenvalue weighted by atomic mass is 19.1. The van der Waals surface area contributed by atoms with Crippen molar-refractivity contribution in [2.45, 2.75) is 31.3 Å². The fourth-order valence-electron chi connectivity index (χ4n) is 3.36. The van der Waals surface area contributed by atoms with E-state index in [1.165, 1.54) is 12.5 Å². The third kappa shape index (κ3) is 2.74. The Morgan fingerprint density at radius 3 is 2.42 bits per heavy atom. The molecule has 4 heteroatoms. The van der Waals surface area contributed by atoms with Crippen LogP contribution < -0.4 is 10.6 Å². The Labute approximate surface area is 114 Å². The van der Waals surface area contributed by atoms with E-state index in [0.717, 1.165) is 44.7 Å². The highest BCUT2D eigenvalue weighted by Crippen LogP contribution is 2.26. The lowest BCUT2D eigenvalue weighted by atomic mass is 10.1. The molecule has 0 amide bonds. The van der Waals surface area contributed by atoms with Gasteiger partial charge in [0, 0.05) is 38.3 Å². The lowest BCUT2D eigenvalue weighted by Crippen LogP contribution is -2.50. The Hall–Kier alpha value is -1.13. The van der Waals surface area contributed by atoms with Gasteiger partial charge in [0.1, 0.15) is 5.82 Å². The molecule has 3 nitrogen and oxygen atoms in total. The van der Waals surface area contributed by atoms with E-state index in [1.54, 1.807) is 6.07 Å². The van der Waals surface area contributed by atoms with E-state index in [4.69, 9.17) is 5.73 Å². The van der Waals surface area contributed by atoms with Crippen molar-refractivity contribution in [3.8, 4) is 0 Å². The zero-order valence-electron chi connectivity index (χ0n) is 11.3. The molecule has 1 saturated heterocycles. The third-order valence-corrected chi connectivity index (χ3v) is 4.47. The van der Waals surface area contributed by atoms with Crippen LogP contribution in [0.15, 0.2) is 24.3 Å². The molecule has 19 heavy (non-hydrogen) atoms. The topological polar surface area (TPSA) is 32.5 Å². The van der Waals surface area contributed by atoms with Gasteiger partial charge in [0.25, 0.3) is 0 Å². The molecule has 2 fully saturated rings. The van der Waals surface area contributed by atoms with Crippen LogP contribution in [0.2, 0.25) is 0 Å². The first-order valence-electron chi connectivity index (χ1n) is 7.23. The van der Waals surface area contributed by atoms with Crippen molar-refractivity contribution in [3.05, 3.63) is 30.1 Å². The molecule has 0 aromatic heterocycles. The molecule has 2 atom stereocenters. The van der Waals surface area contributed by atoms with Gasteiger partial charge in [-0.15, -0.1) is 0 Å². The van der Waals surface area contributed by atoms with Crippen LogP contribution in [0.3, 0.4) is 0 Å². The first-order valence-corrected chi connectivity index (χ1v) is 7.23. The summed E-state index contributed by atoms with van der Waals surface area (Å²) in [7, 11) is 0. The van der Waals surface area contributed by atoms with Crippen molar-refractivity contribution in [1.82, 2.24) is 4.90 Å². The van der Waals surface area contributed by atoms with Crippen LogP contribution >= 0.6 is 0 Å².